The first-order valence-electron chi connectivity index (χ1n) is 10.1. The quantitative estimate of drug-likeness (QED) is 0.380. The molecule has 0 unspecified atom stereocenters. The molecular formula is C23H27BrCl2N2O2S. The third kappa shape index (κ3) is 8.01. The molecule has 168 valence electrons. The smallest absolute Gasteiger partial charge is 0.242 e. The fourth-order valence-electron chi connectivity index (χ4n) is 2.87. The Hall–Kier alpha value is -1.21. The van der Waals surface area contributed by atoms with E-state index in [-0.39, 0.29) is 23.6 Å². The molecule has 1 N–H and O–H groups in total. The van der Waals surface area contributed by atoms with Crippen molar-refractivity contribution in [2.75, 3.05) is 5.75 Å². The standard InChI is InChI=1S/C23H27BrCl2N2O2S/c1-4-15(2)27-23(30)16(3)28(12-17-7-5-8-18(24)11-17)22(29)14-31-13-19-20(25)9-6-10-21(19)26/h5-11,15-16H,4,12-14H2,1-3H3,(H,27,30)/t15-,16-/m1/s1. The second-order valence-corrected chi connectivity index (χ2v) is 10.1. The summed E-state index contributed by atoms with van der Waals surface area (Å²) in [6.07, 6.45) is 0.826. The molecule has 2 rings (SSSR count). The van der Waals surface area contributed by atoms with Crippen molar-refractivity contribution in [3.63, 3.8) is 0 Å². The van der Waals surface area contributed by atoms with Crippen LogP contribution >= 0.6 is 50.9 Å². The largest absolute Gasteiger partial charge is 0.352 e. The van der Waals surface area contributed by atoms with Gasteiger partial charge in [-0.25, -0.2) is 0 Å². The van der Waals surface area contributed by atoms with E-state index in [1.54, 1.807) is 30.0 Å². The molecule has 2 aromatic carbocycles. The Bertz CT molecular complexity index is 893. The van der Waals surface area contributed by atoms with Crippen LogP contribution in [-0.4, -0.2) is 34.6 Å². The summed E-state index contributed by atoms with van der Waals surface area (Å²) >= 11 is 17.4. The molecule has 31 heavy (non-hydrogen) atoms. The SMILES string of the molecule is CC[C@@H](C)NC(=O)[C@@H](C)N(Cc1cccc(Br)c1)C(=O)CSCc1c(Cl)cccc1Cl. The lowest BCUT2D eigenvalue weighted by Crippen LogP contribution is -2.50. The van der Waals surface area contributed by atoms with Crippen LogP contribution in [0.1, 0.15) is 38.3 Å². The summed E-state index contributed by atoms with van der Waals surface area (Å²) in [6.45, 7) is 6.08. The maximum Gasteiger partial charge on any atom is 0.242 e. The van der Waals surface area contributed by atoms with E-state index < -0.39 is 6.04 Å². The van der Waals surface area contributed by atoms with E-state index in [0.717, 1.165) is 22.0 Å². The summed E-state index contributed by atoms with van der Waals surface area (Å²) in [4.78, 5) is 27.5. The average molecular weight is 546 g/mol. The van der Waals surface area contributed by atoms with Crippen molar-refractivity contribution in [2.24, 2.45) is 0 Å². The minimum atomic E-state index is -0.593. The molecule has 0 aromatic heterocycles. The van der Waals surface area contributed by atoms with Gasteiger partial charge < -0.3 is 10.2 Å². The monoisotopic (exact) mass is 544 g/mol. The van der Waals surface area contributed by atoms with E-state index in [0.29, 0.717) is 22.3 Å². The summed E-state index contributed by atoms with van der Waals surface area (Å²) in [6, 6.07) is 12.6. The van der Waals surface area contributed by atoms with Crippen LogP contribution in [0.2, 0.25) is 10.0 Å². The third-order valence-electron chi connectivity index (χ3n) is 4.94. The number of nitrogens with one attached hydrogen (secondary N) is 1. The van der Waals surface area contributed by atoms with Gasteiger partial charge in [-0.3, -0.25) is 9.59 Å². The number of halogens is 3. The van der Waals surface area contributed by atoms with Crippen molar-refractivity contribution in [3.05, 3.63) is 68.1 Å². The van der Waals surface area contributed by atoms with Crippen LogP contribution in [0.3, 0.4) is 0 Å². The first kappa shape index (κ1) is 26.0. The highest BCUT2D eigenvalue weighted by molar-refractivity contribution is 9.10. The zero-order chi connectivity index (χ0) is 23.0. The molecular weight excluding hydrogens is 519 g/mol. The summed E-state index contributed by atoms with van der Waals surface area (Å²) in [5, 5.41) is 4.14. The first-order valence-corrected chi connectivity index (χ1v) is 12.8. The molecule has 2 amide bonds. The Morgan fingerprint density at radius 3 is 2.39 bits per heavy atom. The first-order chi connectivity index (χ1) is 14.7. The number of benzene rings is 2. The highest BCUT2D eigenvalue weighted by Gasteiger charge is 2.26. The van der Waals surface area contributed by atoms with Crippen LogP contribution in [0, 0.1) is 0 Å². The second-order valence-electron chi connectivity index (χ2n) is 7.34. The average Bonchev–Trinajstić information content (AvgIpc) is 2.73. The fraction of sp³-hybridized carbons (Fsp3) is 0.391. The molecule has 0 bridgehead atoms. The Morgan fingerprint density at radius 1 is 1.13 bits per heavy atom. The number of carbonyl (C=O) groups excluding carboxylic acids is 2. The van der Waals surface area contributed by atoms with E-state index >= 15 is 0 Å². The lowest BCUT2D eigenvalue weighted by atomic mass is 10.1. The lowest BCUT2D eigenvalue weighted by molar-refractivity contribution is -0.138. The van der Waals surface area contributed by atoms with Crippen LogP contribution < -0.4 is 5.32 Å². The van der Waals surface area contributed by atoms with Crippen molar-refractivity contribution in [2.45, 2.75) is 51.6 Å². The number of hydrogen-bond acceptors (Lipinski definition) is 3. The highest BCUT2D eigenvalue weighted by Crippen LogP contribution is 2.28. The van der Waals surface area contributed by atoms with Crippen LogP contribution in [0.4, 0.5) is 0 Å². The maximum absolute atomic E-state index is 13.1. The highest BCUT2D eigenvalue weighted by atomic mass is 79.9. The van der Waals surface area contributed by atoms with Crippen molar-refractivity contribution in [3.8, 4) is 0 Å². The minimum Gasteiger partial charge on any atom is -0.352 e. The molecule has 0 saturated carbocycles. The van der Waals surface area contributed by atoms with E-state index in [9.17, 15) is 9.59 Å². The Balaban J connectivity index is 2.12. The van der Waals surface area contributed by atoms with Crippen molar-refractivity contribution in [1.82, 2.24) is 10.2 Å². The summed E-state index contributed by atoms with van der Waals surface area (Å²) in [5.74, 6) is 0.468. The number of carbonyl (C=O) groups is 2. The Labute approximate surface area is 207 Å². The summed E-state index contributed by atoms with van der Waals surface area (Å²) < 4.78 is 0.928. The fourth-order valence-corrected chi connectivity index (χ4v) is 4.97. The van der Waals surface area contributed by atoms with Gasteiger partial charge in [0.05, 0.1) is 5.75 Å². The number of rotatable bonds is 10. The van der Waals surface area contributed by atoms with Gasteiger partial charge in [0.1, 0.15) is 6.04 Å². The van der Waals surface area contributed by atoms with Crippen molar-refractivity contribution >= 4 is 62.7 Å². The van der Waals surface area contributed by atoms with Crippen molar-refractivity contribution < 1.29 is 9.59 Å². The zero-order valence-corrected chi connectivity index (χ0v) is 21.7. The molecule has 0 radical (unpaired) electrons. The Kier molecular flexibility index (Phi) is 10.7. The predicted molar refractivity (Wildman–Crippen MR) is 135 cm³/mol. The molecule has 0 aliphatic rings. The molecule has 2 atom stereocenters. The van der Waals surface area contributed by atoms with Gasteiger partial charge in [-0.1, -0.05) is 64.3 Å². The van der Waals surface area contributed by atoms with Gasteiger partial charge in [0.15, 0.2) is 0 Å². The van der Waals surface area contributed by atoms with Gasteiger partial charge in [-0.2, -0.15) is 0 Å². The zero-order valence-electron chi connectivity index (χ0n) is 17.8. The van der Waals surface area contributed by atoms with Crippen LogP contribution in [0.25, 0.3) is 0 Å². The molecule has 2 aromatic rings. The van der Waals surface area contributed by atoms with Crippen LogP contribution in [-0.2, 0) is 21.9 Å². The summed E-state index contributed by atoms with van der Waals surface area (Å²) in [7, 11) is 0. The van der Waals surface area contributed by atoms with E-state index in [1.165, 1.54) is 11.8 Å². The van der Waals surface area contributed by atoms with Gasteiger partial charge in [0.25, 0.3) is 0 Å². The number of hydrogen-bond donors (Lipinski definition) is 1. The van der Waals surface area contributed by atoms with Crippen LogP contribution in [0.15, 0.2) is 46.9 Å². The normalized spacial score (nSPS) is 12.8. The van der Waals surface area contributed by atoms with Crippen molar-refractivity contribution in [1.29, 1.82) is 0 Å². The van der Waals surface area contributed by atoms with Gasteiger partial charge >= 0.3 is 0 Å². The Morgan fingerprint density at radius 2 is 1.77 bits per heavy atom. The van der Waals surface area contributed by atoms with E-state index in [4.69, 9.17) is 23.2 Å². The predicted octanol–water partition coefficient (Wildman–Crippen LogP) is 6.32. The molecule has 8 heteroatoms. The minimum absolute atomic E-state index is 0.0505. The molecule has 0 spiro atoms. The molecule has 0 aliphatic carbocycles. The molecule has 0 heterocycles. The molecule has 0 aliphatic heterocycles. The summed E-state index contributed by atoms with van der Waals surface area (Å²) in [5.41, 5.74) is 1.76. The second kappa shape index (κ2) is 12.7. The van der Waals surface area contributed by atoms with Gasteiger partial charge in [0.2, 0.25) is 11.8 Å². The lowest BCUT2D eigenvalue weighted by Gasteiger charge is -2.29. The molecule has 0 fully saturated rings. The molecule has 4 nitrogen and oxygen atoms in total. The van der Waals surface area contributed by atoms with Gasteiger partial charge in [0, 0.05) is 32.9 Å². The van der Waals surface area contributed by atoms with Gasteiger partial charge in [-0.05, 0) is 55.7 Å². The topological polar surface area (TPSA) is 49.4 Å². The van der Waals surface area contributed by atoms with Gasteiger partial charge in [-0.15, -0.1) is 11.8 Å². The van der Waals surface area contributed by atoms with E-state index in [2.05, 4.69) is 21.2 Å². The van der Waals surface area contributed by atoms with E-state index in [1.807, 2.05) is 38.1 Å². The maximum atomic E-state index is 13.1. The van der Waals surface area contributed by atoms with Crippen LogP contribution in [0.5, 0.6) is 0 Å². The number of thioether (sulfide) groups is 1. The number of nitrogens with zero attached hydrogens (tertiary/aromatic N) is 1. The number of amides is 2. The molecule has 0 saturated heterocycles. The third-order valence-corrected chi connectivity index (χ3v) is 7.09.